The lowest BCUT2D eigenvalue weighted by Gasteiger charge is -2.12. The van der Waals surface area contributed by atoms with Gasteiger partial charge in [0, 0.05) is 18.7 Å². The summed E-state index contributed by atoms with van der Waals surface area (Å²) >= 11 is 0. The molecule has 0 aromatic carbocycles. The first-order valence-corrected chi connectivity index (χ1v) is 6.12. The minimum atomic E-state index is -0.248. The van der Waals surface area contributed by atoms with E-state index in [9.17, 15) is 9.59 Å². The number of hydrazone groups is 1. The van der Waals surface area contributed by atoms with E-state index in [0.29, 0.717) is 19.6 Å². The zero-order valence-electron chi connectivity index (χ0n) is 10.7. The zero-order chi connectivity index (χ0) is 12.8. The summed E-state index contributed by atoms with van der Waals surface area (Å²) in [5, 5.41) is 5.72. The average Bonchev–Trinajstić information content (AvgIpc) is 2.53. The van der Waals surface area contributed by atoms with Gasteiger partial charge in [0.1, 0.15) is 0 Å². The van der Waals surface area contributed by atoms with Crippen molar-refractivity contribution in [1.82, 2.24) is 5.01 Å². The van der Waals surface area contributed by atoms with Crippen LogP contribution in [0.3, 0.4) is 0 Å². The smallest absolute Gasteiger partial charge is 0.305 e. The molecule has 0 N–H and O–H groups in total. The third-order valence-corrected chi connectivity index (χ3v) is 2.71. The van der Waals surface area contributed by atoms with Crippen LogP contribution in [-0.2, 0) is 14.3 Å². The van der Waals surface area contributed by atoms with Gasteiger partial charge in [0.15, 0.2) is 0 Å². The largest absolute Gasteiger partial charge is 0.466 e. The van der Waals surface area contributed by atoms with Gasteiger partial charge in [0.05, 0.1) is 12.5 Å². The highest BCUT2D eigenvalue weighted by molar-refractivity contribution is 6.07. The lowest BCUT2D eigenvalue weighted by molar-refractivity contribution is -0.143. The number of hydrogen-bond acceptors (Lipinski definition) is 4. The molecule has 1 aliphatic heterocycles. The molecule has 0 aromatic heterocycles. The Kier molecular flexibility index (Phi) is 5.12. The monoisotopic (exact) mass is 240 g/mol. The number of amides is 1. The van der Waals surface area contributed by atoms with Crippen LogP contribution in [0.1, 0.15) is 40.0 Å². The van der Waals surface area contributed by atoms with Gasteiger partial charge in [0.2, 0.25) is 0 Å². The molecule has 1 rings (SSSR count). The molecule has 0 bridgehead atoms. The van der Waals surface area contributed by atoms with Crippen molar-refractivity contribution in [2.45, 2.75) is 40.0 Å². The second-order valence-electron chi connectivity index (χ2n) is 4.10. The van der Waals surface area contributed by atoms with Gasteiger partial charge in [-0.2, -0.15) is 5.10 Å². The summed E-state index contributed by atoms with van der Waals surface area (Å²) in [6.45, 7) is 6.64. The van der Waals surface area contributed by atoms with Gasteiger partial charge in [-0.1, -0.05) is 6.92 Å². The molecular formula is C12H20N2O3. The van der Waals surface area contributed by atoms with E-state index < -0.39 is 0 Å². The summed E-state index contributed by atoms with van der Waals surface area (Å²) in [4.78, 5) is 23.2. The Hall–Kier alpha value is -1.39. The van der Waals surface area contributed by atoms with Crippen LogP contribution in [0, 0.1) is 5.92 Å². The van der Waals surface area contributed by atoms with Crippen molar-refractivity contribution in [3.8, 4) is 0 Å². The first kappa shape index (κ1) is 13.7. The molecule has 0 aromatic rings. The average molecular weight is 240 g/mol. The molecule has 0 saturated carbocycles. The Morgan fingerprint density at radius 3 is 2.76 bits per heavy atom. The summed E-state index contributed by atoms with van der Waals surface area (Å²) in [6.07, 6.45) is 1.65. The molecular weight excluding hydrogens is 220 g/mol. The fourth-order valence-corrected chi connectivity index (χ4v) is 1.87. The molecule has 0 saturated heterocycles. The number of nitrogens with zero attached hydrogens (tertiary/aromatic N) is 2. The van der Waals surface area contributed by atoms with E-state index in [2.05, 4.69) is 5.10 Å². The fourth-order valence-electron chi connectivity index (χ4n) is 1.87. The normalized spacial score (nSPS) is 19.5. The SMILES string of the molecule is CCCN1N=C(C)C(CCC(=O)OCC)C1=O. The highest BCUT2D eigenvalue weighted by Crippen LogP contribution is 2.20. The predicted molar refractivity (Wildman–Crippen MR) is 64.5 cm³/mol. The topological polar surface area (TPSA) is 59.0 Å². The zero-order valence-corrected chi connectivity index (χ0v) is 10.7. The first-order valence-electron chi connectivity index (χ1n) is 6.12. The number of carbonyl (C=O) groups is 2. The Morgan fingerprint density at radius 1 is 1.47 bits per heavy atom. The van der Waals surface area contributed by atoms with Crippen molar-refractivity contribution in [3.63, 3.8) is 0 Å². The first-order chi connectivity index (χ1) is 8.10. The Balaban J connectivity index is 2.47. The van der Waals surface area contributed by atoms with Crippen LogP contribution in [0.2, 0.25) is 0 Å². The molecule has 1 amide bonds. The minimum absolute atomic E-state index is 0.00801. The quantitative estimate of drug-likeness (QED) is 0.662. The van der Waals surface area contributed by atoms with E-state index in [0.717, 1.165) is 12.1 Å². The van der Waals surface area contributed by atoms with E-state index >= 15 is 0 Å². The van der Waals surface area contributed by atoms with Gasteiger partial charge in [-0.15, -0.1) is 0 Å². The molecule has 0 fully saturated rings. The lowest BCUT2D eigenvalue weighted by atomic mass is 9.98. The Labute approximate surface area is 102 Å². The van der Waals surface area contributed by atoms with E-state index in [-0.39, 0.29) is 24.2 Å². The van der Waals surface area contributed by atoms with Crippen molar-refractivity contribution in [3.05, 3.63) is 0 Å². The van der Waals surface area contributed by atoms with Crippen LogP contribution in [0.25, 0.3) is 0 Å². The van der Waals surface area contributed by atoms with Gasteiger partial charge in [-0.05, 0) is 26.7 Å². The number of ether oxygens (including phenoxy) is 1. The van der Waals surface area contributed by atoms with Crippen LogP contribution in [0.5, 0.6) is 0 Å². The number of hydrogen-bond donors (Lipinski definition) is 0. The lowest BCUT2D eigenvalue weighted by Crippen LogP contribution is -2.28. The van der Waals surface area contributed by atoms with Crippen molar-refractivity contribution in [2.24, 2.45) is 11.0 Å². The van der Waals surface area contributed by atoms with Gasteiger partial charge < -0.3 is 4.74 Å². The third kappa shape index (κ3) is 3.54. The molecule has 1 heterocycles. The van der Waals surface area contributed by atoms with Gasteiger partial charge in [0.25, 0.3) is 5.91 Å². The van der Waals surface area contributed by atoms with Crippen LogP contribution in [0.15, 0.2) is 5.10 Å². The summed E-state index contributed by atoms with van der Waals surface area (Å²) in [6, 6.07) is 0. The molecule has 1 aliphatic rings. The van der Waals surface area contributed by atoms with Crippen LogP contribution in [-0.4, -0.2) is 35.7 Å². The molecule has 0 radical (unpaired) electrons. The summed E-state index contributed by atoms with van der Waals surface area (Å²) in [7, 11) is 0. The third-order valence-electron chi connectivity index (χ3n) is 2.71. The minimum Gasteiger partial charge on any atom is -0.466 e. The summed E-state index contributed by atoms with van der Waals surface area (Å²) in [5.41, 5.74) is 0.799. The van der Waals surface area contributed by atoms with Gasteiger partial charge in [-0.3, -0.25) is 9.59 Å². The molecule has 5 heteroatoms. The van der Waals surface area contributed by atoms with E-state index in [1.54, 1.807) is 6.92 Å². The summed E-state index contributed by atoms with van der Waals surface area (Å²) < 4.78 is 4.84. The highest BCUT2D eigenvalue weighted by atomic mass is 16.5. The van der Waals surface area contributed by atoms with Crippen LogP contribution >= 0.6 is 0 Å². The predicted octanol–water partition coefficient (Wildman–Crippen LogP) is 1.57. The van der Waals surface area contributed by atoms with Gasteiger partial charge in [-0.25, -0.2) is 5.01 Å². The molecule has 1 unspecified atom stereocenters. The van der Waals surface area contributed by atoms with Crippen molar-refractivity contribution < 1.29 is 14.3 Å². The molecule has 96 valence electrons. The number of esters is 1. The number of carbonyl (C=O) groups excluding carboxylic acids is 2. The van der Waals surface area contributed by atoms with Gasteiger partial charge >= 0.3 is 5.97 Å². The second-order valence-corrected chi connectivity index (χ2v) is 4.10. The molecule has 0 aliphatic carbocycles. The maximum atomic E-state index is 11.9. The molecule has 5 nitrogen and oxygen atoms in total. The van der Waals surface area contributed by atoms with Crippen molar-refractivity contribution in [1.29, 1.82) is 0 Å². The highest BCUT2D eigenvalue weighted by Gasteiger charge is 2.32. The summed E-state index contributed by atoms with van der Waals surface area (Å²) in [5.74, 6) is -0.485. The standard InChI is InChI=1S/C12H20N2O3/c1-4-8-14-12(16)10(9(3)13-14)6-7-11(15)17-5-2/h10H,4-8H2,1-3H3. The van der Waals surface area contributed by atoms with Crippen molar-refractivity contribution in [2.75, 3.05) is 13.2 Å². The van der Waals surface area contributed by atoms with Crippen LogP contribution < -0.4 is 0 Å². The van der Waals surface area contributed by atoms with Crippen LogP contribution in [0.4, 0.5) is 0 Å². The van der Waals surface area contributed by atoms with E-state index in [1.165, 1.54) is 5.01 Å². The Morgan fingerprint density at radius 2 is 2.18 bits per heavy atom. The maximum Gasteiger partial charge on any atom is 0.305 e. The van der Waals surface area contributed by atoms with E-state index in [4.69, 9.17) is 4.74 Å². The molecule has 0 spiro atoms. The fraction of sp³-hybridized carbons (Fsp3) is 0.750. The maximum absolute atomic E-state index is 11.9. The van der Waals surface area contributed by atoms with E-state index in [1.807, 2.05) is 13.8 Å². The second kappa shape index (κ2) is 6.37. The number of rotatable bonds is 6. The molecule has 1 atom stereocenters. The Bertz CT molecular complexity index is 326. The van der Waals surface area contributed by atoms with Crippen molar-refractivity contribution >= 4 is 17.6 Å². The molecule has 17 heavy (non-hydrogen) atoms.